The molecule has 1 aromatic heterocycles. The summed E-state index contributed by atoms with van der Waals surface area (Å²) in [6, 6.07) is 12.0. The molecule has 5 nitrogen and oxygen atoms in total. The van der Waals surface area contributed by atoms with Crippen LogP contribution in [0.25, 0.3) is 16.6 Å². The Kier molecular flexibility index (Phi) is 4.16. The van der Waals surface area contributed by atoms with E-state index in [1.807, 2.05) is 18.2 Å². The van der Waals surface area contributed by atoms with Gasteiger partial charge in [0, 0.05) is 0 Å². The van der Waals surface area contributed by atoms with E-state index in [0.29, 0.717) is 22.4 Å². The summed E-state index contributed by atoms with van der Waals surface area (Å²) in [5, 5.41) is 9.57. The number of aromatic nitrogens is 2. The molecule has 24 heavy (non-hydrogen) atoms. The molecule has 0 amide bonds. The standard InChI is InChI=1S/C19H18N2O3/c1-3-4-13-5-10-17-16(11-13)18(22)21(12(2)20-17)15-8-6-14(7-9-15)19(23)24/h5-11H,3-4H2,1-2H3,(H,23,24). The number of hydrogen-bond donors (Lipinski definition) is 1. The molecular weight excluding hydrogens is 304 g/mol. The van der Waals surface area contributed by atoms with E-state index in [0.717, 1.165) is 18.4 Å². The number of aryl methyl sites for hydroxylation is 2. The van der Waals surface area contributed by atoms with Gasteiger partial charge in [-0.2, -0.15) is 0 Å². The van der Waals surface area contributed by atoms with Gasteiger partial charge in [0.1, 0.15) is 5.82 Å². The fourth-order valence-corrected chi connectivity index (χ4v) is 2.85. The maximum absolute atomic E-state index is 12.9. The molecule has 0 bridgehead atoms. The molecule has 0 unspecified atom stereocenters. The quantitative estimate of drug-likeness (QED) is 0.799. The SMILES string of the molecule is CCCc1ccc2nc(C)n(-c3ccc(C(=O)O)cc3)c(=O)c2c1. The maximum Gasteiger partial charge on any atom is 0.335 e. The average Bonchev–Trinajstić information content (AvgIpc) is 2.56. The number of rotatable bonds is 4. The van der Waals surface area contributed by atoms with Gasteiger partial charge in [0.05, 0.1) is 22.2 Å². The molecule has 1 N–H and O–H groups in total. The van der Waals surface area contributed by atoms with Crippen molar-refractivity contribution >= 4 is 16.9 Å². The van der Waals surface area contributed by atoms with Crippen LogP contribution in [0.4, 0.5) is 0 Å². The van der Waals surface area contributed by atoms with Crippen molar-refractivity contribution in [3.63, 3.8) is 0 Å². The second-order valence-corrected chi connectivity index (χ2v) is 5.75. The van der Waals surface area contributed by atoms with Crippen molar-refractivity contribution < 1.29 is 9.90 Å². The Morgan fingerprint density at radius 3 is 2.50 bits per heavy atom. The lowest BCUT2D eigenvalue weighted by molar-refractivity contribution is 0.0697. The second kappa shape index (κ2) is 6.28. The zero-order valence-corrected chi connectivity index (χ0v) is 13.6. The van der Waals surface area contributed by atoms with Crippen LogP contribution in [0.1, 0.15) is 35.1 Å². The molecule has 0 saturated heterocycles. The number of nitrogens with zero attached hydrogens (tertiary/aromatic N) is 2. The highest BCUT2D eigenvalue weighted by atomic mass is 16.4. The maximum atomic E-state index is 12.9. The number of hydrogen-bond acceptors (Lipinski definition) is 3. The largest absolute Gasteiger partial charge is 0.478 e. The van der Waals surface area contributed by atoms with Crippen LogP contribution in [0, 0.1) is 6.92 Å². The highest BCUT2D eigenvalue weighted by molar-refractivity contribution is 5.87. The monoisotopic (exact) mass is 322 g/mol. The average molecular weight is 322 g/mol. The van der Waals surface area contributed by atoms with E-state index in [4.69, 9.17) is 5.11 Å². The molecular formula is C19H18N2O3. The number of carboxylic acid groups (broad SMARTS) is 1. The van der Waals surface area contributed by atoms with Crippen molar-refractivity contribution in [3.05, 3.63) is 69.8 Å². The van der Waals surface area contributed by atoms with Crippen molar-refractivity contribution in [2.24, 2.45) is 0 Å². The first-order valence-corrected chi connectivity index (χ1v) is 7.87. The molecule has 0 fully saturated rings. The van der Waals surface area contributed by atoms with Gasteiger partial charge in [0.15, 0.2) is 0 Å². The molecule has 3 aromatic rings. The second-order valence-electron chi connectivity index (χ2n) is 5.75. The van der Waals surface area contributed by atoms with Gasteiger partial charge in [0.2, 0.25) is 0 Å². The smallest absolute Gasteiger partial charge is 0.335 e. The molecule has 0 atom stereocenters. The number of carbonyl (C=O) groups is 1. The predicted molar refractivity (Wildman–Crippen MR) is 93.0 cm³/mol. The van der Waals surface area contributed by atoms with Gasteiger partial charge in [-0.15, -0.1) is 0 Å². The van der Waals surface area contributed by atoms with E-state index in [1.165, 1.54) is 16.7 Å². The van der Waals surface area contributed by atoms with Crippen molar-refractivity contribution in [2.75, 3.05) is 0 Å². The molecule has 0 aliphatic rings. The summed E-state index contributed by atoms with van der Waals surface area (Å²) in [6.45, 7) is 3.87. The van der Waals surface area contributed by atoms with Crippen molar-refractivity contribution in [1.29, 1.82) is 0 Å². The van der Waals surface area contributed by atoms with E-state index in [1.54, 1.807) is 19.1 Å². The zero-order chi connectivity index (χ0) is 17.3. The normalized spacial score (nSPS) is 10.9. The first kappa shape index (κ1) is 15.9. The van der Waals surface area contributed by atoms with E-state index in [-0.39, 0.29) is 11.1 Å². The number of fused-ring (bicyclic) bond motifs is 1. The first-order valence-electron chi connectivity index (χ1n) is 7.87. The summed E-state index contributed by atoms with van der Waals surface area (Å²) in [6.07, 6.45) is 1.92. The highest BCUT2D eigenvalue weighted by Crippen LogP contribution is 2.16. The van der Waals surface area contributed by atoms with E-state index >= 15 is 0 Å². The molecule has 2 aromatic carbocycles. The fraction of sp³-hybridized carbons (Fsp3) is 0.211. The summed E-state index contributed by atoms with van der Waals surface area (Å²) < 4.78 is 1.52. The van der Waals surface area contributed by atoms with Gasteiger partial charge in [-0.3, -0.25) is 9.36 Å². The number of aromatic carboxylic acids is 1. The minimum atomic E-state index is -0.994. The predicted octanol–water partition coefficient (Wildman–Crippen LogP) is 3.34. The van der Waals surface area contributed by atoms with Crippen LogP contribution in [0.2, 0.25) is 0 Å². The van der Waals surface area contributed by atoms with Crippen molar-refractivity contribution in [1.82, 2.24) is 9.55 Å². The van der Waals surface area contributed by atoms with E-state index in [9.17, 15) is 9.59 Å². The molecule has 1 heterocycles. The van der Waals surface area contributed by atoms with Crippen LogP contribution in [-0.2, 0) is 6.42 Å². The summed E-state index contributed by atoms with van der Waals surface area (Å²) >= 11 is 0. The topological polar surface area (TPSA) is 72.2 Å². The molecule has 5 heteroatoms. The van der Waals surface area contributed by atoms with E-state index in [2.05, 4.69) is 11.9 Å². The molecule has 0 spiro atoms. The van der Waals surface area contributed by atoms with Gasteiger partial charge in [-0.25, -0.2) is 9.78 Å². The van der Waals surface area contributed by atoms with Crippen molar-refractivity contribution in [2.45, 2.75) is 26.7 Å². The fourth-order valence-electron chi connectivity index (χ4n) is 2.85. The van der Waals surface area contributed by atoms with Gasteiger partial charge in [0.25, 0.3) is 5.56 Å². The lowest BCUT2D eigenvalue weighted by Gasteiger charge is -2.11. The van der Waals surface area contributed by atoms with Gasteiger partial charge < -0.3 is 5.11 Å². The Hall–Kier alpha value is -2.95. The Bertz CT molecular complexity index is 972. The van der Waals surface area contributed by atoms with Crippen LogP contribution >= 0.6 is 0 Å². The number of benzene rings is 2. The van der Waals surface area contributed by atoms with Crippen molar-refractivity contribution in [3.8, 4) is 5.69 Å². The molecule has 0 aliphatic carbocycles. The Labute approximate surface area is 139 Å². The minimum absolute atomic E-state index is 0.140. The van der Waals surface area contributed by atoms with Crippen LogP contribution in [0.15, 0.2) is 47.3 Å². The van der Waals surface area contributed by atoms with E-state index < -0.39 is 5.97 Å². The van der Waals surface area contributed by atoms with Crippen LogP contribution in [-0.4, -0.2) is 20.6 Å². The van der Waals surface area contributed by atoms with Crippen LogP contribution in [0.3, 0.4) is 0 Å². The third-order valence-electron chi connectivity index (χ3n) is 4.01. The third-order valence-corrected chi connectivity index (χ3v) is 4.01. The Balaban J connectivity index is 2.20. The molecule has 122 valence electrons. The Morgan fingerprint density at radius 2 is 1.88 bits per heavy atom. The molecule has 3 rings (SSSR count). The third kappa shape index (κ3) is 2.80. The molecule has 0 radical (unpaired) electrons. The first-order chi connectivity index (χ1) is 11.5. The minimum Gasteiger partial charge on any atom is -0.478 e. The van der Waals surface area contributed by atoms with Gasteiger partial charge in [-0.1, -0.05) is 19.4 Å². The lowest BCUT2D eigenvalue weighted by Crippen LogP contribution is -2.22. The highest BCUT2D eigenvalue weighted by Gasteiger charge is 2.11. The van der Waals surface area contributed by atoms with Gasteiger partial charge in [-0.05, 0) is 55.3 Å². The summed E-state index contributed by atoms with van der Waals surface area (Å²) in [4.78, 5) is 28.4. The zero-order valence-electron chi connectivity index (χ0n) is 13.6. The van der Waals surface area contributed by atoms with Gasteiger partial charge >= 0.3 is 5.97 Å². The summed E-state index contributed by atoms with van der Waals surface area (Å²) in [5.41, 5.74) is 2.44. The summed E-state index contributed by atoms with van der Waals surface area (Å²) in [5.74, 6) is -0.426. The lowest BCUT2D eigenvalue weighted by atomic mass is 10.1. The molecule has 0 saturated carbocycles. The summed E-state index contributed by atoms with van der Waals surface area (Å²) in [7, 11) is 0. The molecule has 0 aliphatic heterocycles. The number of carboxylic acids is 1. The van der Waals surface area contributed by atoms with Crippen LogP contribution in [0.5, 0.6) is 0 Å². The van der Waals surface area contributed by atoms with Crippen LogP contribution < -0.4 is 5.56 Å². The Morgan fingerprint density at radius 1 is 1.17 bits per heavy atom.